The van der Waals surface area contributed by atoms with E-state index in [2.05, 4.69) is 26.1 Å². The van der Waals surface area contributed by atoms with E-state index in [0.717, 1.165) is 28.7 Å². The molecule has 1 aromatic heterocycles. The second-order valence-electron chi connectivity index (χ2n) is 11.7. The third-order valence-electron chi connectivity index (χ3n) is 7.17. The summed E-state index contributed by atoms with van der Waals surface area (Å²) in [6.07, 6.45) is 3.19. The molecule has 0 saturated heterocycles. The third-order valence-corrected chi connectivity index (χ3v) is 8.44. The first-order valence-corrected chi connectivity index (χ1v) is 14.7. The second-order valence-corrected chi connectivity index (χ2v) is 13.0. The molecule has 0 N–H and O–H groups in total. The Morgan fingerprint density at radius 3 is 2.22 bits per heavy atom. The Kier molecular flexibility index (Phi) is 9.46. The topological polar surface area (TPSA) is 27.1 Å². The highest BCUT2D eigenvalue weighted by Crippen LogP contribution is 2.39. The predicted molar refractivity (Wildman–Crippen MR) is 161 cm³/mol. The first-order chi connectivity index (χ1) is 19.3. The molecule has 0 atom stereocenters. The molecule has 0 amide bonds. The zero-order chi connectivity index (χ0) is 29.9. The van der Waals surface area contributed by atoms with Crippen molar-refractivity contribution in [1.29, 1.82) is 0 Å². The normalized spacial score (nSPS) is 12.1. The van der Waals surface area contributed by atoms with Crippen LogP contribution in [0.4, 0.5) is 13.2 Å². The average molecular weight is 603 g/mol. The Labute approximate surface area is 249 Å². The lowest BCUT2D eigenvalue weighted by atomic mass is 9.81. The fourth-order valence-electron chi connectivity index (χ4n) is 4.75. The van der Waals surface area contributed by atoms with Crippen molar-refractivity contribution in [3.63, 3.8) is 0 Å². The number of hydrogen-bond acceptors (Lipinski definition) is 3. The molecule has 0 bridgehead atoms. The zero-order valence-corrected chi connectivity index (χ0v) is 25.8. The largest absolute Gasteiger partial charge is 0.495 e. The molecule has 0 fully saturated rings. The number of methoxy groups -OCH3 is 1. The third kappa shape index (κ3) is 7.29. The first-order valence-electron chi connectivity index (χ1n) is 13.4. The van der Waals surface area contributed by atoms with Crippen LogP contribution >= 0.6 is 23.4 Å². The van der Waals surface area contributed by atoms with Crippen molar-refractivity contribution in [2.45, 2.75) is 43.0 Å². The van der Waals surface area contributed by atoms with Crippen LogP contribution in [0, 0.1) is 17.5 Å². The molecule has 1 heterocycles. The van der Waals surface area contributed by atoms with Crippen molar-refractivity contribution in [2.75, 3.05) is 34.8 Å². The Balaban J connectivity index is 1.66. The highest BCUT2D eigenvalue weighted by atomic mass is 35.5. The predicted octanol–water partition coefficient (Wildman–Crippen LogP) is 8.21. The van der Waals surface area contributed by atoms with E-state index in [9.17, 15) is 4.39 Å². The summed E-state index contributed by atoms with van der Waals surface area (Å²) in [7, 11) is 7.84. The Bertz CT molecular complexity index is 1490. The lowest BCUT2D eigenvalue weighted by Crippen LogP contribution is -2.35. The molecule has 4 rings (SSSR count). The quantitative estimate of drug-likeness (QED) is 0.128. The molecule has 0 aliphatic carbocycles. The molecule has 0 saturated carbocycles. The van der Waals surface area contributed by atoms with Gasteiger partial charge in [0.15, 0.2) is 5.16 Å². The van der Waals surface area contributed by atoms with Gasteiger partial charge in [0, 0.05) is 28.8 Å². The van der Waals surface area contributed by atoms with Gasteiger partial charge in [0.25, 0.3) is 0 Å². The molecule has 0 radical (unpaired) electrons. The smallest absolute Gasteiger partial charge is 0.173 e. The van der Waals surface area contributed by atoms with Gasteiger partial charge in [-0.2, -0.15) is 0 Å². The molecule has 4 nitrogen and oxygen atoms in total. The number of halogens is 4. The maximum Gasteiger partial charge on any atom is 0.173 e. The van der Waals surface area contributed by atoms with E-state index in [1.165, 1.54) is 36.0 Å². The summed E-state index contributed by atoms with van der Waals surface area (Å²) in [6.45, 7) is 4.98. The Morgan fingerprint density at radius 2 is 1.63 bits per heavy atom. The number of imidazole rings is 1. The van der Waals surface area contributed by atoms with Gasteiger partial charge < -0.3 is 9.22 Å². The van der Waals surface area contributed by atoms with Crippen LogP contribution in [0.3, 0.4) is 0 Å². The van der Waals surface area contributed by atoms with E-state index in [1.807, 2.05) is 36.6 Å². The van der Waals surface area contributed by atoms with Crippen LogP contribution in [0.25, 0.3) is 5.69 Å². The monoisotopic (exact) mass is 602 g/mol. The van der Waals surface area contributed by atoms with Crippen LogP contribution in [0.15, 0.2) is 66.0 Å². The molecule has 218 valence electrons. The van der Waals surface area contributed by atoms with Gasteiger partial charge in [-0.1, -0.05) is 43.3 Å². The molecule has 3 aromatic carbocycles. The molecule has 41 heavy (non-hydrogen) atoms. The highest BCUT2D eigenvalue weighted by molar-refractivity contribution is 7.98. The summed E-state index contributed by atoms with van der Waals surface area (Å²) in [5.74, 6) is -0.880. The summed E-state index contributed by atoms with van der Waals surface area (Å²) >= 11 is 7.67. The van der Waals surface area contributed by atoms with Crippen molar-refractivity contribution >= 4 is 23.4 Å². The van der Waals surface area contributed by atoms with Crippen LogP contribution in [-0.2, 0) is 17.6 Å². The van der Waals surface area contributed by atoms with E-state index >= 15 is 8.78 Å². The van der Waals surface area contributed by atoms with Crippen LogP contribution in [0.5, 0.6) is 5.75 Å². The van der Waals surface area contributed by atoms with Crippen molar-refractivity contribution in [2.24, 2.45) is 0 Å². The van der Waals surface area contributed by atoms with Gasteiger partial charge in [0.2, 0.25) is 0 Å². The molecule has 4 aromatic rings. The molecule has 9 heteroatoms. The fourth-order valence-corrected chi connectivity index (χ4v) is 6.02. The molecule has 0 spiro atoms. The lowest BCUT2D eigenvalue weighted by molar-refractivity contribution is -0.870. The number of quaternary nitrogens is 1. The van der Waals surface area contributed by atoms with Crippen LogP contribution in [0.2, 0.25) is 5.02 Å². The van der Waals surface area contributed by atoms with Gasteiger partial charge in [0.1, 0.15) is 23.2 Å². The number of aromatic nitrogens is 2. The molecule has 0 aliphatic rings. The van der Waals surface area contributed by atoms with Crippen molar-refractivity contribution in [1.82, 2.24) is 9.55 Å². The van der Waals surface area contributed by atoms with Crippen LogP contribution < -0.4 is 4.74 Å². The number of thioether (sulfide) groups is 1. The fraction of sp³-hybridized carbons (Fsp3) is 0.344. The van der Waals surface area contributed by atoms with E-state index < -0.39 is 17.0 Å². The number of ether oxygens (including phenoxy) is 1. The lowest BCUT2D eigenvalue weighted by Gasteiger charge is -2.28. The van der Waals surface area contributed by atoms with Gasteiger partial charge in [0.05, 0.1) is 51.7 Å². The zero-order valence-electron chi connectivity index (χ0n) is 24.3. The van der Waals surface area contributed by atoms with Crippen LogP contribution in [0.1, 0.15) is 42.7 Å². The van der Waals surface area contributed by atoms with Crippen LogP contribution in [-0.4, -0.2) is 48.8 Å². The van der Waals surface area contributed by atoms with E-state index in [0.29, 0.717) is 33.6 Å². The minimum Gasteiger partial charge on any atom is -0.495 e. The summed E-state index contributed by atoms with van der Waals surface area (Å²) < 4.78 is 52.1. The maximum absolute atomic E-state index is 15.1. The highest BCUT2D eigenvalue weighted by Gasteiger charge is 2.30. The van der Waals surface area contributed by atoms with Gasteiger partial charge >= 0.3 is 0 Å². The maximum atomic E-state index is 15.1. The molecular weight excluding hydrogens is 567 g/mol. The first kappa shape index (κ1) is 31.0. The number of hydrogen-bond donors (Lipinski definition) is 0. The van der Waals surface area contributed by atoms with Crippen molar-refractivity contribution in [3.05, 3.63) is 106 Å². The summed E-state index contributed by atoms with van der Waals surface area (Å²) in [5.41, 5.74) is 2.48. The molecular formula is C32H36ClF3N3OS+. The summed E-state index contributed by atoms with van der Waals surface area (Å²) in [6, 6.07) is 14.5. The van der Waals surface area contributed by atoms with Gasteiger partial charge in [-0.25, -0.2) is 18.2 Å². The van der Waals surface area contributed by atoms with E-state index in [-0.39, 0.29) is 17.1 Å². The van der Waals surface area contributed by atoms with Gasteiger partial charge in [-0.3, -0.25) is 4.57 Å². The van der Waals surface area contributed by atoms with Gasteiger partial charge in [-0.05, 0) is 66.1 Å². The average Bonchev–Trinajstić information content (AvgIpc) is 3.32. The Hall–Kier alpha value is -2.94. The minimum atomic E-state index is -0.583. The minimum absolute atomic E-state index is 0.00163. The number of nitrogens with zero attached hydrogens (tertiary/aromatic N) is 3. The standard InChI is InChI=1S/C32H36ClF3N3OS/c1-32(2,22-9-14-29(40-6)26(33)18-22)30-19-37-31(38(30)24-12-10-23(34)11-13-24)41-20-25-27(35)16-21(17-28(25)36)8-7-15-39(3,4)5/h9-14,16-19H,7-8,15,20H2,1-6H3/q+1. The molecule has 0 unspecified atom stereocenters. The summed E-state index contributed by atoms with van der Waals surface area (Å²) in [5, 5.41) is 1.01. The second kappa shape index (κ2) is 12.5. The van der Waals surface area contributed by atoms with Crippen molar-refractivity contribution in [3.8, 4) is 11.4 Å². The number of benzene rings is 3. The van der Waals surface area contributed by atoms with E-state index in [4.69, 9.17) is 16.3 Å². The van der Waals surface area contributed by atoms with Crippen molar-refractivity contribution < 1.29 is 22.4 Å². The summed E-state index contributed by atoms with van der Waals surface area (Å²) in [4.78, 5) is 4.65. The number of rotatable bonds is 11. The SMILES string of the molecule is COc1ccc(C(C)(C)c2cnc(SCc3c(F)cc(CCC[N+](C)(C)C)cc3F)n2-c2ccc(F)cc2)cc1Cl. The van der Waals surface area contributed by atoms with Gasteiger partial charge in [-0.15, -0.1) is 0 Å². The number of aryl methyl sites for hydroxylation is 1. The molecule has 0 aliphatic heterocycles. The van der Waals surface area contributed by atoms with E-state index in [1.54, 1.807) is 25.4 Å². The Morgan fingerprint density at radius 1 is 0.976 bits per heavy atom.